The summed E-state index contributed by atoms with van der Waals surface area (Å²) >= 11 is 1.40. The number of carbonyl (C=O) groups is 1. The molecule has 0 saturated heterocycles. The number of thioether (sulfide) groups is 1. The van der Waals surface area contributed by atoms with Gasteiger partial charge < -0.3 is 5.32 Å². The van der Waals surface area contributed by atoms with Gasteiger partial charge in [0.25, 0.3) is 0 Å². The van der Waals surface area contributed by atoms with E-state index in [1.165, 1.54) is 17.3 Å². The zero-order valence-electron chi connectivity index (χ0n) is 13.7. The van der Waals surface area contributed by atoms with Crippen LogP contribution >= 0.6 is 11.8 Å². The van der Waals surface area contributed by atoms with Crippen LogP contribution in [0, 0.1) is 0 Å². The number of hydrogen-bond acceptors (Lipinski definition) is 4. The van der Waals surface area contributed by atoms with Crippen LogP contribution < -0.4 is 5.32 Å². The zero-order valence-corrected chi connectivity index (χ0v) is 14.5. The Morgan fingerprint density at radius 3 is 2.83 bits per heavy atom. The van der Waals surface area contributed by atoms with Gasteiger partial charge in [-0.15, -0.1) is 5.10 Å². The topological polar surface area (TPSA) is 54.9 Å². The SMILES string of the molecule is CC(C)c1cccc(NC(=O)CSc2nncc3ccccc23)c1. The van der Waals surface area contributed by atoms with Crippen LogP contribution in [0.1, 0.15) is 25.3 Å². The Morgan fingerprint density at radius 2 is 2.00 bits per heavy atom. The minimum atomic E-state index is -0.0457. The molecule has 5 heteroatoms. The average Bonchev–Trinajstić information content (AvgIpc) is 2.60. The van der Waals surface area contributed by atoms with Crippen LogP contribution in [0.5, 0.6) is 0 Å². The quantitative estimate of drug-likeness (QED) is 0.697. The molecule has 0 aliphatic carbocycles. The lowest BCUT2D eigenvalue weighted by Gasteiger charge is -2.09. The molecule has 0 bridgehead atoms. The normalized spacial score (nSPS) is 11.0. The number of anilines is 1. The molecule has 0 aliphatic rings. The van der Waals surface area contributed by atoms with Crippen molar-refractivity contribution in [2.45, 2.75) is 24.8 Å². The number of nitrogens with one attached hydrogen (secondary N) is 1. The molecule has 1 amide bonds. The van der Waals surface area contributed by atoms with E-state index < -0.39 is 0 Å². The highest BCUT2D eigenvalue weighted by Crippen LogP contribution is 2.25. The fourth-order valence-corrected chi connectivity index (χ4v) is 3.20. The minimum absolute atomic E-state index is 0.0457. The molecule has 0 saturated carbocycles. The first-order valence-electron chi connectivity index (χ1n) is 7.86. The summed E-state index contributed by atoms with van der Waals surface area (Å²) in [5.41, 5.74) is 2.04. The standard InChI is InChI=1S/C19H19N3OS/c1-13(2)14-7-5-8-16(10-14)21-18(23)12-24-19-17-9-4-3-6-15(17)11-20-22-19/h3-11,13H,12H2,1-2H3,(H,21,23). The maximum absolute atomic E-state index is 12.2. The van der Waals surface area contributed by atoms with Gasteiger partial charge in [0.1, 0.15) is 5.03 Å². The smallest absolute Gasteiger partial charge is 0.234 e. The third kappa shape index (κ3) is 3.92. The Labute approximate surface area is 145 Å². The molecule has 0 unspecified atom stereocenters. The van der Waals surface area contributed by atoms with Crippen molar-refractivity contribution in [3.8, 4) is 0 Å². The van der Waals surface area contributed by atoms with Gasteiger partial charge in [0.15, 0.2) is 0 Å². The number of fused-ring (bicyclic) bond motifs is 1. The van der Waals surface area contributed by atoms with E-state index in [0.717, 1.165) is 21.5 Å². The number of amides is 1. The number of nitrogens with zero attached hydrogens (tertiary/aromatic N) is 2. The lowest BCUT2D eigenvalue weighted by molar-refractivity contribution is -0.113. The van der Waals surface area contributed by atoms with E-state index in [1.54, 1.807) is 6.20 Å². The van der Waals surface area contributed by atoms with Crippen molar-refractivity contribution in [2.24, 2.45) is 0 Å². The molecule has 2 aromatic carbocycles. The molecule has 0 atom stereocenters. The highest BCUT2D eigenvalue weighted by atomic mass is 32.2. The molecule has 0 aliphatic heterocycles. The molecule has 4 nitrogen and oxygen atoms in total. The lowest BCUT2D eigenvalue weighted by Crippen LogP contribution is -2.14. The Kier molecular flexibility index (Phi) is 5.11. The Bertz CT molecular complexity index is 859. The molecular formula is C19H19N3OS. The van der Waals surface area contributed by atoms with Crippen molar-refractivity contribution in [1.29, 1.82) is 0 Å². The van der Waals surface area contributed by atoms with E-state index in [9.17, 15) is 4.79 Å². The summed E-state index contributed by atoms with van der Waals surface area (Å²) in [6.07, 6.45) is 1.73. The molecule has 0 radical (unpaired) electrons. The van der Waals surface area contributed by atoms with Crippen LogP contribution in [0.25, 0.3) is 10.8 Å². The van der Waals surface area contributed by atoms with Crippen LogP contribution in [-0.4, -0.2) is 21.9 Å². The van der Waals surface area contributed by atoms with Gasteiger partial charge >= 0.3 is 0 Å². The van der Waals surface area contributed by atoms with Gasteiger partial charge in [-0.3, -0.25) is 4.79 Å². The third-order valence-corrected chi connectivity index (χ3v) is 4.70. The van der Waals surface area contributed by atoms with Crippen molar-refractivity contribution in [3.05, 3.63) is 60.3 Å². The molecule has 0 fully saturated rings. The number of carbonyl (C=O) groups excluding carboxylic acids is 1. The fourth-order valence-electron chi connectivity index (χ4n) is 2.41. The van der Waals surface area contributed by atoms with Crippen molar-refractivity contribution < 1.29 is 4.79 Å². The summed E-state index contributed by atoms with van der Waals surface area (Å²) in [6.45, 7) is 4.27. The summed E-state index contributed by atoms with van der Waals surface area (Å²) in [5.74, 6) is 0.687. The molecule has 0 spiro atoms. The second-order valence-electron chi connectivity index (χ2n) is 5.85. The predicted molar refractivity (Wildman–Crippen MR) is 99.4 cm³/mol. The number of hydrogen-bond donors (Lipinski definition) is 1. The predicted octanol–water partition coefficient (Wildman–Crippen LogP) is 4.48. The molecule has 3 rings (SSSR count). The monoisotopic (exact) mass is 337 g/mol. The van der Waals surface area contributed by atoms with Crippen LogP contribution in [-0.2, 0) is 4.79 Å². The van der Waals surface area contributed by atoms with E-state index in [-0.39, 0.29) is 5.91 Å². The first kappa shape index (κ1) is 16.5. The molecular weight excluding hydrogens is 318 g/mol. The van der Waals surface area contributed by atoms with Crippen LogP contribution in [0.15, 0.2) is 59.8 Å². The number of rotatable bonds is 5. The lowest BCUT2D eigenvalue weighted by atomic mass is 10.0. The van der Waals surface area contributed by atoms with Gasteiger partial charge in [-0.05, 0) is 23.6 Å². The van der Waals surface area contributed by atoms with Gasteiger partial charge in [-0.25, -0.2) is 0 Å². The minimum Gasteiger partial charge on any atom is -0.325 e. The maximum Gasteiger partial charge on any atom is 0.234 e. The maximum atomic E-state index is 12.2. The summed E-state index contributed by atoms with van der Waals surface area (Å²) in [5, 5.41) is 13.9. The molecule has 1 heterocycles. The van der Waals surface area contributed by atoms with Crippen molar-refractivity contribution in [3.63, 3.8) is 0 Å². The largest absolute Gasteiger partial charge is 0.325 e. The van der Waals surface area contributed by atoms with Crippen molar-refractivity contribution in [2.75, 3.05) is 11.1 Å². The Balaban J connectivity index is 1.66. The first-order valence-corrected chi connectivity index (χ1v) is 8.85. The van der Waals surface area contributed by atoms with Crippen molar-refractivity contribution in [1.82, 2.24) is 10.2 Å². The molecule has 3 aromatic rings. The second kappa shape index (κ2) is 7.45. The third-order valence-electron chi connectivity index (χ3n) is 3.71. The van der Waals surface area contributed by atoms with Crippen LogP contribution in [0.4, 0.5) is 5.69 Å². The van der Waals surface area contributed by atoms with E-state index in [2.05, 4.69) is 35.4 Å². The summed E-state index contributed by atoms with van der Waals surface area (Å²) < 4.78 is 0. The van der Waals surface area contributed by atoms with Crippen LogP contribution in [0.2, 0.25) is 0 Å². The van der Waals surface area contributed by atoms with Gasteiger partial charge in [0.05, 0.1) is 11.9 Å². The van der Waals surface area contributed by atoms with Gasteiger partial charge in [-0.1, -0.05) is 62.0 Å². The van der Waals surface area contributed by atoms with Gasteiger partial charge in [-0.2, -0.15) is 5.10 Å². The summed E-state index contributed by atoms with van der Waals surface area (Å²) in [6, 6.07) is 15.9. The summed E-state index contributed by atoms with van der Waals surface area (Å²) in [4.78, 5) is 12.2. The average molecular weight is 337 g/mol. The second-order valence-corrected chi connectivity index (χ2v) is 6.82. The Morgan fingerprint density at radius 1 is 1.17 bits per heavy atom. The van der Waals surface area contributed by atoms with Gasteiger partial charge in [0.2, 0.25) is 5.91 Å². The van der Waals surface area contributed by atoms with E-state index in [0.29, 0.717) is 11.7 Å². The summed E-state index contributed by atoms with van der Waals surface area (Å²) in [7, 11) is 0. The highest BCUT2D eigenvalue weighted by molar-refractivity contribution is 8.00. The Hall–Kier alpha value is -2.40. The first-order chi connectivity index (χ1) is 11.6. The van der Waals surface area contributed by atoms with E-state index in [1.807, 2.05) is 42.5 Å². The zero-order chi connectivity index (χ0) is 16.9. The van der Waals surface area contributed by atoms with E-state index >= 15 is 0 Å². The molecule has 122 valence electrons. The van der Waals surface area contributed by atoms with Gasteiger partial charge in [0, 0.05) is 16.5 Å². The number of benzene rings is 2. The number of aromatic nitrogens is 2. The van der Waals surface area contributed by atoms with Crippen molar-refractivity contribution >= 4 is 34.1 Å². The molecule has 24 heavy (non-hydrogen) atoms. The molecule has 1 N–H and O–H groups in total. The highest BCUT2D eigenvalue weighted by Gasteiger charge is 2.09. The van der Waals surface area contributed by atoms with E-state index in [4.69, 9.17) is 0 Å². The fraction of sp³-hybridized carbons (Fsp3) is 0.211. The van der Waals surface area contributed by atoms with Crippen LogP contribution in [0.3, 0.4) is 0 Å². The molecule has 1 aromatic heterocycles.